The van der Waals surface area contributed by atoms with Gasteiger partial charge < -0.3 is 5.73 Å². The zero-order valence-electron chi connectivity index (χ0n) is 11.7. The standard InChI is InChI=1S/C17H15N3S/c1-20-17-15(9-14(10-18)21-17)16(19-20)13-7-6-11-4-2-3-5-12(11)8-13/h2-9H,10,18H2,1H3. The molecule has 4 heteroatoms. The van der Waals surface area contributed by atoms with Gasteiger partial charge >= 0.3 is 0 Å². The molecule has 4 aromatic rings. The van der Waals surface area contributed by atoms with Gasteiger partial charge in [-0.2, -0.15) is 5.10 Å². The summed E-state index contributed by atoms with van der Waals surface area (Å²) in [6, 6.07) is 17.1. The van der Waals surface area contributed by atoms with Crippen LogP contribution in [0.3, 0.4) is 0 Å². The Morgan fingerprint density at radius 3 is 2.71 bits per heavy atom. The molecule has 0 aliphatic heterocycles. The number of aryl methyl sites for hydroxylation is 1. The van der Waals surface area contributed by atoms with Gasteiger partial charge in [-0.25, -0.2) is 0 Å². The SMILES string of the molecule is Cn1nc(-c2ccc3ccccc3c2)c2cc(CN)sc21. The highest BCUT2D eigenvalue weighted by atomic mass is 32.1. The van der Waals surface area contributed by atoms with Crippen molar-refractivity contribution >= 4 is 32.3 Å². The highest BCUT2D eigenvalue weighted by Gasteiger charge is 2.14. The van der Waals surface area contributed by atoms with Crippen molar-refractivity contribution in [3.05, 3.63) is 53.4 Å². The second-order valence-electron chi connectivity index (χ2n) is 5.17. The topological polar surface area (TPSA) is 43.8 Å². The zero-order valence-corrected chi connectivity index (χ0v) is 12.5. The second-order valence-corrected chi connectivity index (χ2v) is 6.29. The largest absolute Gasteiger partial charge is 0.326 e. The van der Waals surface area contributed by atoms with Crippen molar-refractivity contribution in [2.45, 2.75) is 6.54 Å². The van der Waals surface area contributed by atoms with Crippen LogP contribution >= 0.6 is 11.3 Å². The molecule has 0 fully saturated rings. The van der Waals surface area contributed by atoms with Gasteiger partial charge in [0.05, 0.1) is 0 Å². The first kappa shape index (κ1) is 12.6. The smallest absolute Gasteiger partial charge is 0.121 e. The van der Waals surface area contributed by atoms with Gasteiger partial charge in [0.2, 0.25) is 0 Å². The Bertz CT molecular complexity index is 949. The molecule has 0 radical (unpaired) electrons. The molecular formula is C17H15N3S. The molecule has 0 aliphatic rings. The molecule has 0 bridgehead atoms. The number of hydrogen-bond donors (Lipinski definition) is 1. The lowest BCUT2D eigenvalue weighted by Crippen LogP contribution is -1.92. The van der Waals surface area contributed by atoms with Crippen molar-refractivity contribution in [1.29, 1.82) is 0 Å². The number of fused-ring (bicyclic) bond motifs is 2. The molecule has 0 unspecified atom stereocenters. The van der Waals surface area contributed by atoms with Crippen LogP contribution in [-0.4, -0.2) is 9.78 Å². The van der Waals surface area contributed by atoms with Crippen LogP contribution in [0.4, 0.5) is 0 Å². The third-order valence-corrected chi connectivity index (χ3v) is 5.01. The first-order chi connectivity index (χ1) is 10.3. The minimum atomic E-state index is 0.580. The molecule has 0 aliphatic carbocycles. The van der Waals surface area contributed by atoms with E-state index in [1.165, 1.54) is 25.9 Å². The van der Waals surface area contributed by atoms with Crippen molar-refractivity contribution in [1.82, 2.24) is 9.78 Å². The average molecular weight is 293 g/mol. The molecule has 0 spiro atoms. The van der Waals surface area contributed by atoms with Crippen LogP contribution in [-0.2, 0) is 13.6 Å². The molecule has 0 saturated heterocycles. The van der Waals surface area contributed by atoms with E-state index < -0.39 is 0 Å². The molecule has 2 aromatic heterocycles. The summed E-state index contributed by atoms with van der Waals surface area (Å²) in [5, 5.41) is 8.37. The summed E-state index contributed by atoms with van der Waals surface area (Å²) >= 11 is 1.72. The van der Waals surface area contributed by atoms with E-state index in [0.29, 0.717) is 6.54 Å². The Labute approximate surface area is 126 Å². The molecule has 4 rings (SSSR count). The number of thiophene rings is 1. The third kappa shape index (κ3) is 1.95. The summed E-state index contributed by atoms with van der Waals surface area (Å²) < 4.78 is 1.95. The molecule has 0 atom stereocenters. The van der Waals surface area contributed by atoms with Crippen LogP contribution in [0.2, 0.25) is 0 Å². The summed E-state index contributed by atoms with van der Waals surface area (Å²) in [4.78, 5) is 2.37. The fourth-order valence-corrected chi connectivity index (χ4v) is 3.69. The van der Waals surface area contributed by atoms with Crippen molar-refractivity contribution in [2.24, 2.45) is 12.8 Å². The van der Waals surface area contributed by atoms with Crippen LogP contribution in [0.5, 0.6) is 0 Å². The normalized spacial score (nSPS) is 11.5. The minimum Gasteiger partial charge on any atom is -0.326 e. The Hall–Kier alpha value is -2.17. The lowest BCUT2D eigenvalue weighted by Gasteiger charge is -2.01. The average Bonchev–Trinajstić information content (AvgIpc) is 3.07. The Morgan fingerprint density at radius 1 is 1.10 bits per heavy atom. The fourth-order valence-electron chi connectivity index (χ4n) is 2.74. The van der Waals surface area contributed by atoms with Gasteiger partial charge in [-0.15, -0.1) is 11.3 Å². The van der Waals surface area contributed by atoms with E-state index >= 15 is 0 Å². The molecule has 2 N–H and O–H groups in total. The van der Waals surface area contributed by atoms with E-state index in [0.717, 1.165) is 11.3 Å². The van der Waals surface area contributed by atoms with E-state index in [2.05, 4.69) is 53.6 Å². The van der Waals surface area contributed by atoms with Crippen molar-refractivity contribution in [2.75, 3.05) is 0 Å². The Kier molecular flexibility index (Phi) is 2.80. The fraction of sp³-hybridized carbons (Fsp3) is 0.118. The van der Waals surface area contributed by atoms with E-state index in [-0.39, 0.29) is 0 Å². The molecule has 104 valence electrons. The summed E-state index contributed by atoms with van der Waals surface area (Å²) in [5.74, 6) is 0. The van der Waals surface area contributed by atoms with Crippen molar-refractivity contribution in [3.63, 3.8) is 0 Å². The van der Waals surface area contributed by atoms with E-state index in [9.17, 15) is 0 Å². The summed E-state index contributed by atoms with van der Waals surface area (Å²) in [6.45, 7) is 0.580. The number of hydrogen-bond acceptors (Lipinski definition) is 3. The van der Waals surface area contributed by atoms with Crippen LogP contribution in [0.25, 0.3) is 32.2 Å². The van der Waals surface area contributed by atoms with E-state index in [4.69, 9.17) is 5.73 Å². The molecule has 2 heterocycles. The molecule has 0 saturated carbocycles. The van der Waals surface area contributed by atoms with Gasteiger partial charge in [0.15, 0.2) is 0 Å². The monoisotopic (exact) mass is 293 g/mol. The molecule has 0 amide bonds. The number of nitrogens with two attached hydrogens (primary N) is 1. The zero-order chi connectivity index (χ0) is 14.4. The lowest BCUT2D eigenvalue weighted by molar-refractivity contribution is 0.806. The van der Waals surface area contributed by atoms with Crippen LogP contribution in [0.1, 0.15) is 4.88 Å². The summed E-state index contributed by atoms with van der Waals surface area (Å²) in [7, 11) is 1.99. The third-order valence-electron chi connectivity index (χ3n) is 3.79. The molecular weight excluding hydrogens is 278 g/mol. The van der Waals surface area contributed by atoms with E-state index in [1.54, 1.807) is 11.3 Å². The summed E-state index contributed by atoms with van der Waals surface area (Å²) in [6.07, 6.45) is 0. The first-order valence-electron chi connectivity index (χ1n) is 6.91. The van der Waals surface area contributed by atoms with Crippen molar-refractivity contribution < 1.29 is 0 Å². The van der Waals surface area contributed by atoms with Crippen LogP contribution in [0.15, 0.2) is 48.5 Å². The van der Waals surface area contributed by atoms with Gasteiger partial charge in [0.25, 0.3) is 0 Å². The summed E-state index contributed by atoms with van der Waals surface area (Å²) in [5.41, 5.74) is 7.96. The molecule has 21 heavy (non-hydrogen) atoms. The first-order valence-corrected chi connectivity index (χ1v) is 7.72. The van der Waals surface area contributed by atoms with E-state index in [1.807, 2.05) is 11.7 Å². The van der Waals surface area contributed by atoms with Gasteiger partial charge in [0.1, 0.15) is 10.5 Å². The second kappa shape index (κ2) is 4.69. The maximum Gasteiger partial charge on any atom is 0.121 e. The maximum absolute atomic E-state index is 5.77. The molecule has 2 aromatic carbocycles. The van der Waals surface area contributed by atoms with Crippen LogP contribution < -0.4 is 5.73 Å². The number of benzene rings is 2. The number of rotatable bonds is 2. The van der Waals surface area contributed by atoms with Crippen LogP contribution in [0, 0.1) is 0 Å². The highest BCUT2D eigenvalue weighted by molar-refractivity contribution is 7.18. The quantitative estimate of drug-likeness (QED) is 0.609. The lowest BCUT2D eigenvalue weighted by atomic mass is 10.0. The minimum absolute atomic E-state index is 0.580. The Balaban J connectivity index is 1.96. The van der Waals surface area contributed by atoms with Gasteiger partial charge in [-0.05, 0) is 22.9 Å². The molecule has 3 nitrogen and oxygen atoms in total. The maximum atomic E-state index is 5.77. The predicted octanol–water partition coefficient (Wildman–Crippen LogP) is 3.91. The van der Waals surface area contributed by atoms with Gasteiger partial charge in [0, 0.05) is 29.4 Å². The van der Waals surface area contributed by atoms with Gasteiger partial charge in [-0.1, -0.05) is 36.4 Å². The van der Waals surface area contributed by atoms with Crippen molar-refractivity contribution in [3.8, 4) is 11.3 Å². The predicted molar refractivity (Wildman–Crippen MR) is 89.4 cm³/mol. The highest BCUT2D eigenvalue weighted by Crippen LogP contribution is 2.34. The number of aromatic nitrogens is 2. The number of nitrogens with zero attached hydrogens (tertiary/aromatic N) is 2. The Morgan fingerprint density at radius 2 is 1.90 bits per heavy atom. The van der Waals surface area contributed by atoms with Gasteiger partial charge in [-0.3, -0.25) is 4.68 Å².